The van der Waals surface area contributed by atoms with Crippen molar-refractivity contribution >= 4 is 27.8 Å². The number of sulfonamides is 1. The molecule has 0 spiro atoms. The average molecular weight is 599 g/mol. The number of halogens is 3. The third-order valence-corrected chi connectivity index (χ3v) is 8.65. The van der Waals surface area contributed by atoms with Gasteiger partial charge in [0.05, 0.1) is 29.8 Å². The van der Waals surface area contributed by atoms with Gasteiger partial charge in [-0.1, -0.05) is 12.1 Å². The zero-order chi connectivity index (χ0) is 30.2. The number of fused-ring (bicyclic) bond motifs is 1. The molecule has 9 nitrogen and oxygen atoms in total. The molecule has 2 heterocycles. The summed E-state index contributed by atoms with van der Waals surface area (Å²) in [4.78, 5) is 25.4. The third-order valence-electron chi connectivity index (χ3n) is 6.87. The van der Waals surface area contributed by atoms with Gasteiger partial charge in [-0.3, -0.25) is 9.10 Å². The number of rotatable bonds is 6. The number of hydrogen-bond donors (Lipinski definition) is 0. The molecule has 0 saturated carbocycles. The lowest BCUT2D eigenvalue weighted by molar-refractivity contribution is -0.141. The van der Waals surface area contributed by atoms with E-state index >= 15 is 0 Å². The lowest BCUT2D eigenvalue weighted by Gasteiger charge is -2.36. The topological polar surface area (TPSA) is 102 Å². The second-order valence-electron chi connectivity index (χ2n) is 11.1. The summed E-state index contributed by atoms with van der Waals surface area (Å²) in [5.74, 6) is -0.409. The summed E-state index contributed by atoms with van der Waals surface area (Å²) < 4.78 is 85.0. The van der Waals surface area contributed by atoms with Crippen molar-refractivity contribution in [2.75, 3.05) is 31.0 Å². The minimum atomic E-state index is -4.73. The van der Waals surface area contributed by atoms with Crippen molar-refractivity contribution in [3.8, 4) is 5.75 Å². The molecule has 0 aliphatic carbocycles. The summed E-state index contributed by atoms with van der Waals surface area (Å²) >= 11 is 0. The van der Waals surface area contributed by atoms with Gasteiger partial charge in [0.1, 0.15) is 17.5 Å². The highest BCUT2D eigenvalue weighted by molar-refractivity contribution is 7.92. The highest BCUT2D eigenvalue weighted by Crippen LogP contribution is 2.42. The van der Waals surface area contributed by atoms with Gasteiger partial charge in [-0.2, -0.15) is 13.2 Å². The molecule has 1 saturated heterocycles. The minimum absolute atomic E-state index is 0.0331. The fourth-order valence-corrected chi connectivity index (χ4v) is 6.37. The van der Waals surface area contributed by atoms with Gasteiger partial charge in [0.25, 0.3) is 10.0 Å². The van der Waals surface area contributed by atoms with E-state index in [1.807, 2.05) is 0 Å². The van der Waals surface area contributed by atoms with Crippen LogP contribution in [0.5, 0.6) is 5.75 Å². The molecule has 2 aliphatic rings. The van der Waals surface area contributed by atoms with Crippen LogP contribution in [-0.2, 0) is 30.5 Å². The Hall–Kier alpha value is -3.48. The van der Waals surface area contributed by atoms with Crippen molar-refractivity contribution < 1.29 is 45.4 Å². The Kier molecular flexibility index (Phi) is 8.49. The van der Waals surface area contributed by atoms with E-state index in [0.717, 1.165) is 28.1 Å². The predicted molar refractivity (Wildman–Crippen MR) is 143 cm³/mol. The zero-order valence-electron chi connectivity index (χ0n) is 23.2. The van der Waals surface area contributed by atoms with Crippen LogP contribution in [0, 0.1) is 0 Å². The van der Waals surface area contributed by atoms with Crippen LogP contribution >= 0.6 is 0 Å². The molecule has 2 atom stereocenters. The van der Waals surface area contributed by atoms with Crippen molar-refractivity contribution in [2.24, 2.45) is 0 Å². The fraction of sp³-hybridized carbons (Fsp3) is 0.500. The summed E-state index contributed by atoms with van der Waals surface area (Å²) in [6, 6.07) is 8.60. The van der Waals surface area contributed by atoms with Crippen LogP contribution in [0.4, 0.5) is 23.7 Å². The summed E-state index contributed by atoms with van der Waals surface area (Å²) in [6.45, 7) is 5.92. The fourth-order valence-electron chi connectivity index (χ4n) is 4.83. The number of benzene rings is 2. The molecule has 2 aromatic rings. The van der Waals surface area contributed by atoms with Gasteiger partial charge in [-0.25, -0.2) is 13.2 Å². The number of anilines is 1. The molecule has 0 radical (unpaired) electrons. The Bertz CT molecular complexity index is 1410. The zero-order valence-corrected chi connectivity index (χ0v) is 24.0. The summed E-state index contributed by atoms with van der Waals surface area (Å²) in [6.07, 6.45) is -5.20. The SMILES string of the molecule is COC(=O)CC[C@H]1CN(S(=O)(=O)c2cccc(C(F)(F)F)c2)c2cc(C3CCN(C(=O)OC(C)(C)C)C3)ccc2O1. The lowest BCUT2D eigenvalue weighted by atomic mass is 9.97. The first-order valence-corrected chi connectivity index (χ1v) is 14.6. The molecule has 13 heteroatoms. The van der Waals surface area contributed by atoms with Crippen molar-refractivity contribution in [3.05, 3.63) is 53.6 Å². The van der Waals surface area contributed by atoms with E-state index in [4.69, 9.17) is 9.47 Å². The Morgan fingerprint density at radius 1 is 1.07 bits per heavy atom. The number of hydrogen-bond acceptors (Lipinski definition) is 7. The molecule has 0 bridgehead atoms. The smallest absolute Gasteiger partial charge is 0.416 e. The molecule has 0 N–H and O–H groups in total. The van der Waals surface area contributed by atoms with Crippen LogP contribution in [0.2, 0.25) is 0 Å². The number of likely N-dealkylation sites (tertiary alicyclic amines) is 1. The molecule has 224 valence electrons. The van der Waals surface area contributed by atoms with E-state index < -0.39 is 50.4 Å². The summed E-state index contributed by atoms with van der Waals surface area (Å²) in [5, 5.41) is 0. The number of esters is 1. The van der Waals surface area contributed by atoms with Gasteiger partial charge >= 0.3 is 18.2 Å². The monoisotopic (exact) mass is 598 g/mol. The van der Waals surface area contributed by atoms with Crippen LogP contribution in [0.25, 0.3) is 0 Å². The average Bonchev–Trinajstić information content (AvgIpc) is 3.40. The summed E-state index contributed by atoms with van der Waals surface area (Å²) in [5.41, 5.74) is -0.821. The van der Waals surface area contributed by atoms with Gasteiger partial charge < -0.3 is 19.1 Å². The molecule has 2 aromatic carbocycles. The third kappa shape index (κ3) is 7.06. The van der Waals surface area contributed by atoms with Gasteiger partial charge in [0, 0.05) is 25.4 Å². The van der Waals surface area contributed by atoms with Crippen molar-refractivity contribution in [1.29, 1.82) is 0 Å². The van der Waals surface area contributed by atoms with E-state index in [2.05, 4.69) is 4.74 Å². The molecule has 1 unspecified atom stereocenters. The number of alkyl halides is 3. The van der Waals surface area contributed by atoms with Gasteiger partial charge in [0.15, 0.2) is 0 Å². The largest absolute Gasteiger partial charge is 0.486 e. The molecule has 4 rings (SSSR count). The van der Waals surface area contributed by atoms with Gasteiger partial charge in [-0.05, 0) is 69.5 Å². The van der Waals surface area contributed by atoms with E-state index in [0.29, 0.717) is 25.6 Å². The Morgan fingerprint density at radius 3 is 2.46 bits per heavy atom. The molecule has 41 heavy (non-hydrogen) atoms. The number of amides is 1. The molecular formula is C28H33F3N2O7S. The van der Waals surface area contributed by atoms with E-state index in [1.54, 1.807) is 43.9 Å². The molecule has 1 fully saturated rings. The van der Waals surface area contributed by atoms with Crippen LogP contribution in [0.3, 0.4) is 0 Å². The number of carbonyl (C=O) groups is 2. The number of carbonyl (C=O) groups excluding carboxylic acids is 2. The van der Waals surface area contributed by atoms with Crippen molar-refractivity contribution in [1.82, 2.24) is 4.90 Å². The van der Waals surface area contributed by atoms with Crippen molar-refractivity contribution in [2.45, 2.75) is 68.7 Å². The maximum Gasteiger partial charge on any atom is 0.416 e. The summed E-state index contributed by atoms with van der Waals surface area (Å²) in [7, 11) is -3.23. The normalized spacial score (nSPS) is 19.4. The van der Waals surface area contributed by atoms with E-state index in [1.165, 1.54) is 7.11 Å². The van der Waals surface area contributed by atoms with Crippen LogP contribution in [-0.4, -0.2) is 63.8 Å². The first-order chi connectivity index (χ1) is 19.1. The van der Waals surface area contributed by atoms with Gasteiger partial charge in [0.2, 0.25) is 0 Å². The molecule has 0 aromatic heterocycles. The first-order valence-electron chi connectivity index (χ1n) is 13.1. The van der Waals surface area contributed by atoms with Crippen LogP contribution < -0.4 is 9.04 Å². The quantitative estimate of drug-likeness (QED) is 0.414. The Balaban J connectivity index is 1.67. The second kappa shape index (κ2) is 11.4. The van der Waals surface area contributed by atoms with E-state index in [9.17, 15) is 31.2 Å². The van der Waals surface area contributed by atoms with Crippen molar-refractivity contribution in [3.63, 3.8) is 0 Å². The van der Waals surface area contributed by atoms with Gasteiger partial charge in [-0.15, -0.1) is 0 Å². The standard InChI is InChI=1S/C28H33F3N2O7S/c1-27(2,3)40-26(35)32-13-12-19(16-32)18-8-10-24-23(14-18)33(17-21(39-24)9-11-25(34)38-4)41(36,37)22-7-5-6-20(15-22)28(29,30)31/h5-8,10,14-15,19,21H,9,11-13,16-17H2,1-4H3/t19?,21-/m0/s1. The Labute approximate surface area is 237 Å². The molecular weight excluding hydrogens is 565 g/mol. The highest BCUT2D eigenvalue weighted by atomic mass is 32.2. The predicted octanol–water partition coefficient (Wildman–Crippen LogP) is 5.34. The van der Waals surface area contributed by atoms with Crippen LogP contribution in [0.15, 0.2) is 47.4 Å². The Morgan fingerprint density at radius 2 is 1.80 bits per heavy atom. The number of nitrogens with zero attached hydrogens (tertiary/aromatic N) is 2. The molecule has 2 aliphatic heterocycles. The number of methoxy groups -OCH3 is 1. The second-order valence-corrected chi connectivity index (χ2v) is 12.9. The highest BCUT2D eigenvalue weighted by Gasteiger charge is 2.38. The van der Waals surface area contributed by atoms with Crippen LogP contribution in [0.1, 0.15) is 57.1 Å². The lowest BCUT2D eigenvalue weighted by Crippen LogP contribution is -2.44. The first kappa shape index (κ1) is 30.5. The molecule has 1 amide bonds. The number of ether oxygens (including phenoxy) is 3. The maximum absolute atomic E-state index is 13.8. The van der Waals surface area contributed by atoms with E-state index in [-0.39, 0.29) is 36.7 Å². The minimum Gasteiger partial charge on any atom is -0.486 e. The maximum atomic E-state index is 13.8.